The van der Waals surface area contributed by atoms with E-state index < -0.39 is 0 Å². The molecule has 9 heteroatoms. The standard InChI is InChI=1S/C25H23N5O4/c1-32-21-13-17(14-22(33-2)23(21)34-3)24(31)28-18-6-8-19(9-7-18)29-25-27-12-10-20(30-25)16-5-4-11-26-15-16/h4-15H,1-3H3,(H,28,31)(H,27,29,30). The lowest BCUT2D eigenvalue weighted by molar-refractivity contribution is 0.102. The number of pyridine rings is 1. The summed E-state index contributed by atoms with van der Waals surface area (Å²) in [6.45, 7) is 0. The van der Waals surface area contributed by atoms with E-state index in [2.05, 4.69) is 25.6 Å². The molecule has 34 heavy (non-hydrogen) atoms. The summed E-state index contributed by atoms with van der Waals surface area (Å²) < 4.78 is 15.9. The third-order valence-corrected chi connectivity index (χ3v) is 4.94. The van der Waals surface area contributed by atoms with Crippen LogP contribution in [0, 0.1) is 0 Å². The van der Waals surface area contributed by atoms with Gasteiger partial charge in [0.2, 0.25) is 11.7 Å². The predicted molar refractivity (Wildman–Crippen MR) is 129 cm³/mol. The van der Waals surface area contributed by atoms with Gasteiger partial charge in [-0.25, -0.2) is 9.97 Å². The molecule has 0 saturated carbocycles. The van der Waals surface area contributed by atoms with Gasteiger partial charge in [0.25, 0.3) is 5.91 Å². The summed E-state index contributed by atoms with van der Waals surface area (Å²) in [5, 5.41) is 6.03. The first kappa shape index (κ1) is 22.5. The van der Waals surface area contributed by atoms with Gasteiger partial charge in [-0.15, -0.1) is 0 Å². The molecule has 2 N–H and O–H groups in total. The Labute approximate surface area is 196 Å². The van der Waals surface area contributed by atoms with Gasteiger partial charge in [0.15, 0.2) is 11.5 Å². The van der Waals surface area contributed by atoms with Gasteiger partial charge in [0.1, 0.15) is 0 Å². The number of rotatable bonds is 8. The van der Waals surface area contributed by atoms with Crippen LogP contribution in [-0.4, -0.2) is 42.2 Å². The van der Waals surface area contributed by atoms with Crippen LogP contribution in [0.4, 0.5) is 17.3 Å². The number of carbonyl (C=O) groups excluding carboxylic acids is 1. The van der Waals surface area contributed by atoms with Gasteiger partial charge in [0, 0.05) is 41.1 Å². The summed E-state index contributed by atoms with van der Waals surface area (Å²) in [5.41, 5.74) is 3.43. The van der Waals surface area contributed by atoms with E-state index in [9.17, 15) is 4.79 Å². The van der Waals surface area contributed by atoms with Crippen molar-refractivity contribution in [2.45, 2.75) is 0 Å². The predicted octanol–water partition coefficient (Wildman–Crippen LogP) is 4.56. The molecule has 9 nitrogen and oxygen atoms in total. The van der Waals surface area contributed by atoms with Crippen molar-refractivity contribution in [3.05, 3.63) is 78.8 Å². The van der Waals surface area contributed by atoms with Gasteiger partial charge in [-0.05, 0) is 54.6 Å². The SMILES string of the molecule is COc1cc(C(=O)Nc2ccc(Nc3nccc(-c4cccnc4)n3)cc2)cc(OC)c1OC. The minimum absolute atomic E-state index is 0.313. The van der Waals surface area contributed by atoms with Crippen molar-refractivity contribution < 1.29 is 19.0 Å². The van der Waals surface area contributed by atoms with Crippen LogP contribution in [0.25, 0.3) is 11.3 Å². The van der Waals surface area contributed by atoms with Gasteiger partial charge in [-0.2, -0.15) is 0 Å². The van der Waals surface area contributed by atoms with E-state index >= 15 is 0 Å². The number of methoxy groups -OCH3 is 3. The summed E-state index contributed by atoms with van der Waals surface area (Å²) in [4.78, 5) is 25.7. The van der Waals surface area contributed by atoms with E-state index in [1.54, 1.807) is 42.9 Å². The summed E-state index contributed by atoms with van der Waals surface area (Å²) in [6, 6.07) is 16.0. The number of nitrogens with one attached hydrogen (secondary N) is 2. The van der Waals surface area contributed by atoms with Crippen LogP contribution in [-0.2, 0) is 0 Å². The topological polar surface area (TPSA) is 107 Å². The molecular weight excluding hydrogens is 434 g/mol. The second kappa shape index (κ2) is 10.3. The normalized spacial score (nSPS) is 10.3. The number of amides is 1. The second-order valence-corrected chi connectivity index (χ2v) is 7.08. The monoisotopic (exact) mass is 457 g/mol. The van der Waals surface area contributed by atoms with Crippen LogP contribution in [0.15, 0.2) is 73.2 Å². The number of hydrogen-bond acceptors (Lipinski definition) is 8. The molecule has 4 rings (SSSR count). The van der Waals surface area contributed by atoms with Crippen LogP contribution in [0.5, 0.6) is 17.2 Å². The number of aromatic nitrogens is 3. The second-order valence-electron chi connectivity index (χ2n) is 7.08. The molecule has 0 aliphatic heterocycles. The molecule has 0 unspecified atom stereocenters. The molecule has 0 saturated heterocycles. The Morgan fingerprint density at radius 1 is 0.853 bits per heavy atom. The van der Waals surface area contributed by atoms with Crippen molar-refractivity contribution in [2.75, 3.05) is 32.0 Å². The number of hydrogen-bond donors (Lipinski definition) is 2. The number of anilines is 3. The Bertz CT molecular complexity index is 1260. The van der Waals surface area contributed by atoms with Crippen LogP contribution >= 0.6 is 0 Å². The largest absolute Gasteiger partial charge is 0.493 e. The maximum absolute atomic E-state index is 12.8. The molecule has 0 aliphatic carbocycles. The number of nitrogens with zero attached hydrogens (tertiary/aromatic N) is 3. The van der Waals surface area contributed by atoms with Crippen molar-refractivity contribution in [1.82, 2.24) is 15.0 Å². The number of benzene rings is 2. The lowest BCUT2D eigenvalue weighted by Gasteiger charge is -2.14. The highest BCUT2D eigenvalue weighted by molar-refractivity contribution is 6.05. The van der Waals surface area contributed by atoms with Gasteiger partial charge >= 0.3 is 0 Å². The third kappa shape index (κ3) is 5.04. The zero-order valence-corrected chi connectivity index (χ0v) is 18.9. The molecular formula is C25H23N5O4. The molecule has 0 radical (unpaired) electrons. The van der Waals surface area contributed by atoms with Gasteiger partial charge < -0.3 is 24.8 Å². The third-order valence-electron chi connectivity index (χ3n) is 4.94. The Hall–Kier alpha value is -4.66. The minimum Gasteiger partial charge on any atom is -0.493 e. The van der Waals surface area contributed by atoms with Crippen LogP contribution in [0.1, 0.15) is 10.4 Å². The van der Waals surface area contributed by atoms with E-state index in [0.29, 0.717) is 34.4 Å². The smallest absolute Gasteiger partial charge is 0.255 e. The molecule has 2 aromatic carbocycles. The molecule has 1 amide bonds. The van der Waals surface area contributed by atoms with Crippen LogP contribution in [0.2, 0.25) is 0 Å². The van der Waals surface area contributed by atoms with E-state index in [4.69, 9.17) is 14.2 Å². The van der Waals surface area contributed by atoms with E-state index in [0.717, 1.165) is 16.9 Å². The van der Waals surface area contributed by atoms with Crippen molar-refractivity contribution in [3.63, 3.8) is 0 Å². The Balaban J connectivity index is 1.46. The van der Waals surface area contributed by atoms with E-state index in [1.807, 2.05) is 30.3 Å². The Kier molecular flexibility index (Phi) is 6.83. The van der Waals surface area contributed by atoms with Gasteiger partial charge in [0.05, 0.1) is 27.0 Å². The Morgan fingerprint density at radius 2 is 1.56 bits per heavy atom. The Morgan fingerprint density at radius 3 is 2.18 bits per heavy atom. The molecule has 0 atom stereocenters. The van der Waals surface area contributed by atoms with Crippen molar-refractivity contribution in [3.8, 4) is 28.5 Å². The van der Waals surface area contributed by atoms with E-state index in [-0.39, 0.29) is 5.91 Å². The number of carbonyl (C=O) groups is 1. The van der Waals surface area contributed by atoms with Crippen LogP contribution in [0.3, 0.4) is 0 Å². The lowest BCUT2D eigenvalue weighted by atomic mass is 10.1. The van der Waals surface area contributed by atoms with E-state index in [1.165, 1.54) is 21.3 Å². The molecule has 0 spiro atoms. The summed E-state index contributed by atoms with van der Waals surface area (Å²) in [5.74, 6) is 1.37. The first-order valence-corrected chi connectivity index (χ1v) is 10.3. The van der Waals surface area contributed by atoms with Crippen molar-refractivity contribution >= 4 is 23.2 Å². The average molecular weight is 457 g/mol. The molecule has 0 aliphatic rings. The van der Waals surface area contributed by atoms with Crippen molar-refractivity contribution in [1.29, 1.82) is 0 Å². The maximum Gasteiger partial charge on any atom is 0.255 e. The first-order chi connectivity index (χ1) is 16.6. The van der Waals surface area contributed by atoms with Gasteiger partial charge in [-0.1, -0.05) is 0 Å². The summed E-state index contributed by atoms with van der Waals surface area (Å²) in [7, 11) is 4.51. The molecule has 4 aromatic rings. The van der Waals surface area contributed by atoms with Crippen LogP contribution < -0.4 is 24.8 Å². The quantitative estimate of drug-likeness (QED) is 0.397. The molecule has 0 fully saturated rings. The molecule has 2 heterocycles. The first-order valence-electron chi connectivity index (χ1n) is 10.3. The zero-order valence-electron chi connectivity index (χ0n) is 18.9. The summed E-state index contributed by atoms with van der Waals surface area (Å²) >= 11 is 0. The average Bonchev–Trinajstić information content (AvgIpc) is 2.89. The van der Waals surface area contributed by atoms with Gasteiger partial charge in [-0.3, -0.25) is 9.78 Å². The fraction of sp³-hybridized carbons (Fsp3) is 0.120. The maximum atomic E-state index is 12.8. The molecule has 2 aromatic heterocycles. The summed E-state index contributed by atoms with van der Waals surface area (Å²) in [6.07, 6.45) is 5.15. The fourth-order valence-corrected chi connectivity index (χ4v) is 3.28. The number of ether oxygens (including phenoxy) is 3. The van der Waals surface area contributed by atoms with Crippen molar-refractivity contribution in [2.24, 2.45) is 0 Å². The minimum atomic E-state index is -0.313. The zero-order chi connectivity index (χ0) is 23.9. The molecule has 0 bridgehead atoms. The highest BCUT2D eigenvalue weighted by atomic mass is 16.5. The molecule has 172 valence electrons. The fourth-order valence-electron chi connectivity index (χ4n) is 3.28. The lowest BCUT2D eigenvalue weighted by Crippen LogP contribution is -2.12. The highest BCUT2D eigenvalue weighted by Crippen LogP contribution is 2.38. The highest BCUT2D eigenvalue weighted by Gasteiger charge is 2.17.